The van der Waals surface area contributed by atoms with Gasteiger partial charge in [-0.1, -0.05) is 38.3 Å². The molecule has 0 aliphatic heterocycles. The maximum absolute atomic E-state index is 5.65. The zero-order valence-corrected chi connectivity index (χ0v) is 11.5. The monoisotopic (exact) mass is 257 g/mol. The fourth-order valence-corrected chi connectivity index (χ4v) is 1.64. The molecule has 0 spiro atoms. The van der Waals surface area contributed by atoms with Gasteiger partial charge in [0.15, 0.2) is 0 Å². The Hall–Kier alpha value is -0.730. The standard InChI is InChI=1S/C14H23NO.ClH/c1-2-3-4-5-12-16-14-8-6-13(7-9-14)10-11-15;/h6-9H,2-5,10-12,15H2,1H3;1H. The molecule has 2 N–H and O–H groups in total. The van der Waals surface area contributed by atoms with Crippen molar-refractivity contribution in [3.8, 4) is 5.75 Å². The summed E-state index contributed by atoms with van der Waals surface area (Å²) in [6.45, 7) is 3.75. The number of unbranched alkanes of at least 4 members (excludes halogenated alkanes) is 3. The third kappa shape index (κ3) is 7.24. The molecule has 0 aliphatic carbocycles. The molecule has 0 bridgehead atoms. The van der Waals surface area contributed by atoms with Crippen molar-refractivity contribution in [3.63, 3.8) is 0 Å². The first kappa shape index (κ1) is 16.3. The van der Waals surface area contributed by atoms with Crippen LogP contribution in [0.25, 0.3) is 0 Å². The summed E-state index contributed by atoms with van der Waals surface area (Å²) < 4.78 is 5.65. The molecule has 0 amide bonds. The van der Waals surface area contributed by atoms with Gasteiger partial charge in [-0.25, -0.2) is 0 Å². The van der Waals surface area contributed by atoms with E-state index in [9.17, 15) is 0 Å². The number of benzene rings is 1. The lowest BCUT2D eigenvalue weighted by molar-refractivity contribution is 0.305. The molecular formula is C14H24ClNO. The molecule has 0 unspecified atom stereocenters. The molecule has 2 nitrogen and oxygen atoms in total. The average molecular weight is 258 g/mol. The Balaban J connectivity index is 0.00000256. The second-order valence-electron chi connectivity index (χ2n) is 4.09. The number of rotatable bonds is 8. The van der Waals surface area contributed by atoms with Crippen LogP contribution in [0.15, 0.2) is 24.3 Å². The van der Waals surface area contributed by atoms with Crippen molar-refractivity contribution in [2.75, 3.05) is 13.2 Å². The van der Waals surface area contributed by atoms with Crippen molar-refractivity contribution in [1.82, 2.24) is 0 Å². The van der Waals surface area contributed by atoms with Crippen LogP contribution in [0.1, 0.15) is 38.2 Å². The topological polar surface area (TPSA) is 35.2 Å². The van der Waals surface area contributed by atoms with Gasteiger partial charge >= 0.3 is 0 Å². The van der Waals surface area contributed by atoms with Crippen LogP contribution in [0.3, 0.4) is 0 Å². The fraction of sp³-hybridized carbons (Fsp3) is 0.571. The largest absolute Gasteiger partial charge is 0.494 e. The van der Waals surface area contributed by atoms with Gasteiger partial charge in [0, 0.05) is 0 Å². The van der Waals surface area contributed by atoms with Crippen LogP contribution in [0, 0.1) is 0 Å². The average Bonchev–Trinajstić information content (AvgIpc) is 2.31. The minimum absolute atomic E-state index is 0. The van der Waals surface area contributed by atoms with Crippen LogP contribution in [0.4, 0.5) is 0 Å². The summed E-state index contributed by atoms with van der Waals surface area (Å²) in [7, 11) is 0. The Morgan fingerprint density at radius 3 is 2.35 bits per heavy atom. The maximum atomic E-state index is 5.65. The Kier molecular flexibility index (Phi) is 9.98. The Labute approximate surface area is 111 Å². The van der Waals surface area contributed by atoms with Crippen molar-refractivity contribution in [1.29, 1.82) is 0 Å². The highest BCUT2D eigenvalue weighted by molar-refractivity contribution is 5.85. The highest BCUT2D eigenvalue weighted by Gasteiger charge is 1.95. The Bertz CT molecular complexity index is 274. The minimum atomic E-state index is 0. The fourth-order valence-electron chi connectivity index (χ4n) is 1.64. The van der Waals surface area contributed by atoms with Crippen LogP contribution in [-0.2, 0) is 6.42 Å². The second kappa shape index (κ2) is 10.4. The quantitative estimate of drug-likeness (QED) is 0.723. The number of hydrogen-bond donors (Lipinski definition) is 1. The lowest BCUT2D eigenvalue weighted by Gasteiger charge is -2.06. The molecule has 98 valence electrons. The molecule has 0 saturated heterocycles. The first-order valence-corrected chi connectivity index (χ1v) is 6.28. The van der Waals surface area contributed by atoms with E-state index in [1.807, 2.05) is 12.1 Å². The predicted molar refractivity (Wildman–Crippen MR) is 76.1 cm³/mol. The first-order chi connectivity index (χ1) is 7.86. The zero-order chi connectivity index (χ0) is 11.6. The van der Waals surface area contributed by atoms with E-state index in [0.29, 0.717) is 6.54 Å². The lowest BCUT2D eigenvalue weighted by atomic mass is 10.1. The Morgan fingerprint density at radius 2 is 1.76 bits per heavy atom. The summed E-state index contributed by atoms with van der Waals surface area (Å²) >= 11 is 0. The zero-order valence-electron chi connectivity index (χ0n) is 10.7. The van der Waals surface area contributed by atoms with Crippen molar-refractivity contribution in [3.05, 3.63) is 29.8 Å². The van der Waals surface area contributed by atoms with E-state index in [4.69, 9.17) is 10.5 Å². The lowest BCUT2D eigenvalue weighted by Crippen LogP contribution is -2.02. The van der Waals surface area contributed by atoms with Gasteiger partial charge < -0.3 is 10.5 Å². The van der Waals surface area contributed by atoms with Gasteiger partial charge in [-0.2, -0.15) is 0 Å². The molecule has 0 atom stereocenters. The van der Waals surface area contributed by atoms with Gasteiger partial charge in [0.05, 0.1) is 6.61 Å². The smallest absolute Gasteiger partial charge is 0.119 e. The minimum Gasteiger partial charge on any atom is -0.494 e. The number of nitrogens with two attached hydrogens (primary N) is 1. The first-order valence-electron chi connectivity index (χ1n) is 6.28. The van der Waals surface area contributed by atoms with E-state index in [1.54, 1.807) is 0 Å². The van der Waals surface area contributed by atoms with Crippen molar-refractivity contribution < 1.29 is 4.74 Å². The number of halogens is 1. The molecule has 0 saturated carbocycles. The second-order valence-corrected chi connectivity index (χ2v) is 4.09. The maximum Gasteiger partial charge on any atom is 0.119 e. The molecular weight excluding hydrogens is 234 g/mol. The predicted octanol–water partition coefficient (Wildman–Crippen LogP) is 3.57. The van der Waals surface area contributed by atoms with Gasteiger partial charge in [0.25, 0.3) is 0 Å². The van der Waals surface area contributed by atoms with E-state index >= 15 is 0 Å². The summed E-state index contributed by atoms with van der Waals surface area (Å²) in [5.41, 5.74) is 6.77. The molecule has 0 aromatic heterocycles. The van der Waals surface area contributed by atoms with Crippen molar-refractivity contribution in [2.24, 2.45) is 5.73 Å². The molecule has 0 aliphatic rings. The molecule has 0 heterocycles. The van der Waals surface area contributed by atoms with Crippen molar-refractivity contribution >= 4 is 12.4 Å². The van der Waals surface area contributed by atoms with Crippen LogP contribution in [0.5, 0.6) is 5.75 Å². The third-order valence-electron chi connectivity index (χ3n) is 2.62. The van der Waals surface area contributed by atoms with E-state index in [-0.39, 0.29) is 12.4 Å². The molecule has 0 fully saturated rings. The van der Waals surface area contributed by atoms with Crippen LogP contribution < -0.4 is 10.5 Å². The summed E-state index contributed by atoms with van der Waals surface area (Å²) in [4.78, 5) is 0. The summed E-state index contributed by atoms with van der Waals surface area (Å²) in [6.07, 6.45) is 5.93. The summed E-state index contributed by atoms with van der Waals surface area (Å²) in [6, 6.07) is 8.25. The SMILES string of the molecule is CCCCCCOc1ccc(CCN)cc1.Cl. The number of hydrogen-bond acceptors (Lipinski definition) is 2. The normalized spacial score (nSPS) is 9.76. The summed E-state index contributed by atoms with van der Waals surface area (Å²) in [5, 5.41) is 0. The summed E-state index contributed by atoms with van der Waals surface area (Å²) in [5.74, 6) is 0.970. The van der Waals surface area contributed by atoms with Gasteiger partial charge in [0.2, 0.25) is 0 Å². The van der Waals surface area contributed by atoms with E-state index in [1.165, 1.54) is 24.8 Å². The number of ether oxygens (including phenoxy) is 1. The van der Waals surface area contributed by atoms with Crippen LogP contribution in [0.2, 0.25) is 0 Å². The van der Waals surface area contributed by atoms with E-state index in [0.717, 1.165) is 25.2 Å². The van der Waals surface area contributed by atoms with Gasteiger partial charge in [-0.15, -0.1) is 12.4 Å². The van der Waals surface area contributed by atoms with Crippen LogP contribution in [-0.4, -0.2) is 13.2 Å². The van der Waals surface area contributed by atoms with Gasteiger partial charge in [-0.3, -0.25) is 0 Å². The van der Waals surface area contributed by atoms with E-state index in [2.05, 4.69) is 19.1 Å². The molecule has 0 radical (unpaired) electrons. The highest BCUT2D eigenvalue weighted by atomic mass is 35.5. The van der Waals surface area contributed by atoms with Crippen molar-refractivity contribution in [2.45, 2.75) is 39.0 Å². The van der Waals surface area contributed by atoms with Crippen LogP contribution >= 0.6 is 12.4 Å². The van der Waals surface area contributed by atoms with Gasteiger partial charge in [-0.05, 0) is 37.1 Å². The van der Waals surface area contributed by atoms with E-state index < -0.39 is 0 Å². The molecule has 1 aromatic carbocycles. The third-order valence-corrected chi connectivity index (χ3v) is 2.62. The Morgan fingerprint density at radius 1 is 1.06 bits per heavy atom. The molecule has 1 aromatic rings. The molecule has 17 heavy (non-hydrogen) atoms. The molecule has 1 rings (SSSR count). The van der Waals surface area contributed by atoms with Gasteiger partial charge in [0.1, 0.15) is 5.75 Å². The highest BCUT2D eigenvalue weighted by Crippen LogP contribution is 2.13. The molecule has 3 heteroatoms.